The maximum atomic E-state index is 14.6. The molecular formula is C39H45ClF4N2O5. The first-order chi connectivity index (χ1) is 24.1. The average molecular weight is 733 g/mol. The molecule has 1 aromatic heterocycles. The summed E-state index contributed by atoms with van der Waals surface area (Å²) in [4.78, 5) is 32.3. The molecule has 2 aliphatic rings. The highest BCUT2D eigenvalue weighted by atomic mass is 35.5. The number of hydrogen-bond donors (Lipinski definition) is 0. The van der Waals surface area contributed by atoms with Crippen molar-refractivity contribution < 1.29 is 41.4 Å². The van der Waals surface area contributed by atoms with Crippen molar-refractivity contribution in [3.63, 3.8) is 0 Å². The van der Waals surface area contributed by atoms with Crippen molar-refractivity contribution >= 4 is 23.7 Å². The fourth-order valence-electron chi connectivity index (χ4n) is 6.94. The Kier molecular flexibility index (Phi) is 12.2. The lowest BCUT2D eigenvalue weighted by molar-refractivity contribution is -0.182. The van der Waals surface area contributed by atoms with Gasteiger partial charge in [0, 0.05) is 22.8 Å². The number of alkyl halides is 3. The number of ether oxygens (including phenoxy) is 3. The molecule has 12 heteroatoms. The average Bonchev–Trinajstić information content (AvgIpc) is 3.07. The minimum atomic E-state index is -4.16. The molecular weight excluding hydrogens is 688 g/mol. The molecule has 0 N–H and O–H groups in total. The molecule has 51 heavy (non-hydrogen) atoms. The second kappa shape index (κ2) is 16.2. The van der Waals surface area contributed by atoms with Crippen LogP contribution in [0.25, 0.3) is 0 Å². The number of carbonyl (C=O) groups excluding carboxylic acids is 2. The van der Waals surface area contributed by atoms with Gasteiger partial charge in [-0.25, -0.2) is 19.0 Å². The first-order valence-electron chi connectivity index (χ1n) is 17.6. The van der Waals surface area contributed by atoms with E-state index >= 15 is 0 Å². The van der Waals surface area contributed by atoms with Crippen molar-refractivity contribution in [1.29, 1.82) is 0 Å². The molecule has 1 heterocycles. The van der Waals surface area contributed by atoms with Crippen LogP contribution in [-0.4, -0.2) is 46.9 Å². The second-order valence-corrected chi connectivity index (χ2v) is 14.7. The van der Waals surface area contributed by atoms with Crippen LogP contribution >= 0.6 is 11.6 Å². The zero-order chi connectivity index (χ0) is 36.9. The molecule has 0 aliphatic heterocycles. The first kappa shape index (κ1) is 38.4. The van der Waals surface area contributed by atoms with E-state index in [4.69, 9.17) is 25.8 Å². The molecule has 1 saturated carbocycles. The van der Waals surface area contributed by atoms with Gasteiger partial charge < -0.3 is 19.1 Å². The predicted octanol–water partition coefficient (Wildman–Crippen LogP) is 10.3. The number of aromatic nitrogens is 1. The highest BCUT2D eigenvalue weighted by Gasteiger charge is 2.41. The van der Waals surface area contributed by atoms with Crippen LogP contribution in [0.5, 0.6) is 5.75 Å². The Labute approximate surface area is 301 Å². The van der Waals surface area contributed by atoms with E-state index in [0.717, 1.165) is 23.2 Å². The predicted molar refractivity (Wildman–Crippen MR) is 185 cm³/mol. The van der Waals surface area contributed by atoms with E-state index in [1.807, 2.05) is 18.2 Å². The van der Waals surface area contributed by atoms with E-state index < -0.39 is 35.6 Å². The summed E-state index contributed by atoms with van der Waals surface area (Å²) in [6.07, 6.45) is -1.28. The molecule has 0 saturated heterocycles. The van der Waals surface area contributed by atoms with Gasteiger partial charge >= 0.3 is 18.2 Å². The first-order valence-corrected chi connectivity index (χ1v) is 17.9. The smallest absolute Gasteiger partial charge is 0.410 e. The molecule has 0 spiro atoms. The quantitative estimate of drug-likeness (QED) is 0.153. The highest BCUT2D eigenvalue weighted by molar-refractivity contribution is 6.31. The molecule has 2 aromatic carbocycles. The lowest BCUT2D eigenvalue weighted by Crippen LogP contribution is -2.41. The summed E-state index contributed by atoms with van der Waals surface area (Å²) in [5, 5.41) is 0.445. The monoisotopic (exact) mass is 732 g/mol. The molecule has 276 valence electrons. The van der Waals surface area contributed by atoms with E-state index in [0.29, 0.717) is 47.6 Å². The van der Waals surface area contributed by atoms with E-state index in [1.165, 1.54) is 12.1 Å². The molecule has 5 rings (SSSR count). The second-order valence-electron chi connectivity index (χ2n) is 14.3. The summed E-state index contributed by atoms with van der Waals surface area (Å²) in [6, 6.07) is 12.8. The van der Waals surface area contributed by atoms with Crippen molar-refractivity contribution in [2.24, 2.45) is 5.92 Å². The van der Waals surface area contributed by atoms with Crippen molar-refractivity contribution in [1.82, 2.24) is 9.88 Å². The fraction of sp³-hybridized carbons (Fsp3) is 0.513. The normalized spacial score (nSPS) is 19.2. The largest absolute Gasteiger partial charge is 0.489 e. The van der Waals surface area contributed by atoms with Crippen molar-refractivity contribution in [3.05, 3.63) is 93.0 Å². The van der Waals surface area contributed by atoms with Crippen molar-refractivity contribution in [3.8, 4) is 5.75 Å². The van der Waals surface area contributed by atoms with Gasteiger partial charge in [-0.2, -0.15) is 13.2 Å². The maximum absolute atomic E-state index is 14.6. The van der Waals surface area contributed by atoms with Gasteiger partial charge in [0.25, 0.3) is 0 Å². The highest BCUT2D eigenvalue weighted by Crippen LogP contribution is 2.43. The van der Waals surface area contributed by atoms with Crippen LogP contribution < -0.4 is 4.74 Å². The van der Waals surface area contributed by atoms with Gasteiger partial charge in [-0.15, -0.1) is 0 Å². The van der Waals surface area contributed by atoms with Crippen LogP contribution in [0.1, 0.15) is 117 Å². The number of benzene rings is 2. The Hall–Kier alpha value is -3.86. The van der Waals surface area contributed by atoms with Gasteiger partial charge in [0.2, 0.25) is 0 Å². The molecule has 1 amide bonds. The zero-order valence-corrected chi connectivity index (χ0v) is 30.2. The van der Waals surface area contributed by atoms with Gasteiger partial charge in [-0.1, -0.05) is 29.8 Å². The van der Waals surface area contributed by atoms with Crippen LogP contribution in [0.4, 0.5) is 22.4 Å². The Morgan fingerprint density at radius 3 is 2.37 bits per heavy atom. The number of rotatable bonds is 10. The van der Waals surface area contributed by atoms with Gasteiger partial charge in [0.1, 0.15) is 29.5 Å². The molecule has 1 unspecified atom stereocenters. The Bertz CT molecular complexity index is 1700. The van der Waals surface area contributed by atoms with Gasteiger partial charge in [0.05, 0.1) is 18.6 Å². The Morgan fingerprint density at radius 2 is 1.71 bits per heavy atom. The lowest BCUT2D eigenvalue weighted by atomic mass is 9.78. The van der Waals surface area contributed by atoms with Gasteiger partial charge in [-0.05, 0) is 132 Å². The van der Waals surface area contributed by atoms with Crippen LogP contribution in [0.3, 0.4) is 0 Å². The van der Waals surface area contributed by atoms with E-state index in [9.17, 15) is 27.2 Å². The number of amides is 1. The number of carbonyl (C=O) groups is 2. The van der Waals surface area contributed by atoms with Crippen molar-refractivity contribution in [2.75, 3.05) is 13.2 Å². The maximum Gasteiger partial charge on any atom is 0.410 e. The Balaban J connectivity index is 1.31. The summed E-state index contributed by atoms with van der Waals surface area (Å²) in [6.45, 7) is 7.60. The third kappa shape index (κ3) is 9.93. The summed E-state index contributed by atoms with van der Waals surface area (Å²) in [5.41, 5.74) is 3.13. The van der Waals surface area contributed by atoms with Crippen LogP contribution in [0, 0.1) is 11.7 Å². The summed E-state index contributed by atoms with van der Waals surface area (Å²) in [5.74, 6) is -1.77. The number of halogens is 5. The van der Waals surface area contributed by atoms with Crippen molar-refractivity contribution in [2.45, 2.75) is 109 Å². The van der Waals surface area contributed by atoms with Crippen LogP contribution in [-0.2, 0) is 28.9 Å². The minimum absolute atomic E-state index is 0.0132. The summed E-state index contributed by atoms with van der Waals surface area (Å²) in [7, 11) is 0. The molecule has 7 nitrogen and oxygen atoms in total. The van der Waals surface area contributed by atoms with E-state index in [2.05, 4.69) is 4.98 Å². The zero-order valence-electron chi connectivity index (χ0n) is 29.5. The molecule has 1 fully saturated rings. The number of nitrogens with zero attached hydrogens (tertiary/aromatic N) is 2. The van der Waals surface area contributed by atoms with Gasteiger partial charge in [-0.3, -0.25) is 0 Å². The van der Waals surface area contributed by atoms with E-state index in [-0.39, 0.29) is 56.7 Å². The topological polar surface area (TPSA) is 78.0 Å². The number of esters is 1. The van der Waals surface area contributed by atoms with E-state index in [1.54, 1.807) is 50.8 Å². The lowest BCUT2D eigenvalue weighted by Gasteiger charge is -2.36. The Morgan fingerprint density at radius 1 is 0.961 bits per heavy atom. The number of hydrogen-bond acceptors (Lipinski definition) is 6. The third-order valence-corrected chi connectivity index (χ3v) is 9.87. The molecule has 2 aliphatic carbocycles. The SMILES string of the molecule is CCOC(=O)c1ccc2c(n1)CCCC2N(CCc1cc(F)ccc1OCc1ccc(C2CCC(C(F)(F)F)CC2)cc1Cl)C(=O)OC(C)(C)C. The van der Waals surface area contributed by atoms with Crippen LogP contribution in [0.2, 0.25) is 5.02 Å². The standard InChI is InChI=1S/C39H45ClF4N2O5/c1-5-49-36(47)33-17-16-30-32(45-33)7-6-8-34(30)46(37(48)51-38(2,3)4)20-19-26-21-29(41)15-18-35(26)50-23-27-10-9-25(22-31(27)40)24-11-13-28(14-12-24)39(42,43)44/h9-10,15-18,21-22,24,28,34H,5-8,11-14,19-20,23H2,1-4H3. The summed E-state index contributed by atoms with van der Waals surface area (Å²) < 4.78 is 71.2. The summed E-state index contributed by atoms with van der Waals surface area (Å²) >= 11 is 6.63. The number of pyridine rings is 1. The third-order valence-electron chi connectivity index (χ3n) is 9.51. The molecule has 0 radical (unpaired) electrons. The molecule has 0 bridgehead atoms. The van der Waals surface area contributed by atoms with Gasteiger partial charge in [0.15, 0.2) is 0 Å². The molecule has 1 atom stereocenters. The molecule has 3 aromatic rings. The number of fused-ring (bicyclic) bond motifs is 1. The van der Waals surface area contributed by atoms with Crippen LogP contribution in [0.15, 0.2) is 48.5 Å². The fourth-order valence-corrected chi connectivity index (χ4v) is 7.18. The number of aryl methyl sites for hydroxylation is 1. The minimum Gasteiger partial charge on any atom is -0.489 e.